The van der Waals surface area contributed by atoms with Gasteiger partial charge in [0.1, 0.15) is 23.0 Å². The lowest BCUT2D eigenvalue weighted by Gasteiger charge is -2.30. The van der Waals surface area contributed by atoms with Crippen LogP contribution < -0.4 is 15.5 Å². The average Bonchev–Trinajstić information content (AvgIpc) is 3.17. The lowest BCUT2D eigenvalue weighted by atomic mass is 9.78. The standard InChI is InChI=1S/C59H86N6O4/c1-53(2,3)39-24-35(22-23-46(39)66)33-65(34-38-29-44(58(16,17)18)49(69)45(30-38)59(19,20)21)52-63-50(60-31-36-25-40(54(4,5)6)47(67)41(26-36)55(7,8)9)62-51(64-52)61-32-37-27-42(56(10,11)12)48(68)43(28-37)57(13,14)15/h22-30,66-69H,31-34H2,1-21H3,(H2,60,61,62,63,64). The zero-order valence-corrected chi connectivity index (χ0v) is 46.1. The highest BCUT2D eigenvalue weighted by Gasteiger charge is 2.31. The number of benzene rings is 4. The van der Waals surface area contributed by atoms with Gasteiger partial charge < -0.3 is 36.0 Å². The molecular formula is C59H86N6O4. The minimum atomic E-state index is -0.341. The highest BCUT2D eigenvalue weighted by atomic mass is 16.3. The summed E-state index contributed by atoms with van der Waals surface area (Å²) < 4.78 is 0. The molecular weight excluding hydrogens is 857 g/mol. The third-order valence-electron chi connectivity index (χ3n) is 12.8. The van der Waals surface area contributed by atoms with E-state index in [0.29, 0.717) is 61.3 Å². The van der Waals surface area contributed by atoms with Gasteiger partial charge in [-0.3, -0.25) is 0 Å². The van der Waals surface area contributed by atoms with Crippen LogP contribution in [-0.4, -0.2) is 35.4 Å². The summed E-state index contributed by atoms with van der Waals surface area (Å²) >= 11 is 0. The van der Waals surface area contributed by atoms with Crippen molar-refractivity contribution in [1.29, 1.82) is 0 Å². The first-order chi connectivity index (χ1) is 31.2. The van der Waals surface area contributed by atoms with E-state index in [1.165, 1.54) is 0 Å². The second kappa shape index (κ2) is 19.0. The van der Waals surface area contributed by atoms with Crippen LogP contribution in [0.1, 0.15) is 207 Å². The molecule has 0 atom stereocenters. The van der Waals surface area contributed by atoms with Crippen LogP contribution >= 0.6 is 0 Å². The van der Waals surface area contributed by atoms with Crippen LogP contribution in [-0.2, 0) is 64.1 Å². The molecule has 10 nitrogen and oxygen atoms in total. The number of rotatable bonds is 11. The first-order valence-electron chi connectivity index (χ1n) is 24.7. The molecule has 0 bridgehead atoms. The quantitative estimate of drug-likeness (QED) is 0.0756. The molecule has 0 saturated heterocycles. The Morgan fingerprint density at radius 3 is 0.942 bits per heavy atom. The number of aromatic nitrogens is 3. The van der Waals surface area contributed by atoms with E-state index in [4.69, 9.17) is 15.0 Å². The van der Waals surface area contributed by atoms with E-state index in [1.54, 1.807) is 6.07 Å². The highest BCUT2D eigenvalue weighted by Crippen LogP contribution is 2.43. The summed E-state index contributed by atoms with van der Waals surface area (Å²) in [6.45, 7) is 45.9. The predicted molar refractivity (Wildman–Crippen MR) is 288 cm³/mol. The molecule has 0 unspecified atom stereocenters. The molecule has 0 aliphatic rings. The van der Waals surface area contributed by atoms with Crippen molar-refractivity contribution in [3.05, 3.63) is 116 Å². The minimum absolute atomic E-state index is 0.246. The van der Waals surface area contributed by atoms with Gasteiger partial charge in [0.15, 0.2) is 0 Å². The largest absolute Gasteiger partial charge is 0.508 e. The Morgan fingerprint density at radius 2 is 0.638 bits per heavy atom. The third kappa shape index (κ3) is 13.2. The van der Waals surface area contributed by atoms with Gasteiger partial charge in [0, 0.05) is 26.2 Å². The second-order valence-electron chi connectivity index (χ2n) is 26.6. The van der Waals surface area contributed by atoms with Crippen molar-refractivity contribution in [3.8, 4) is 23.0 Å². The molecule has 0 radical (unpaired) electrons. The Morgan fingerprint density at radius 1 is 0.362 bits per heavy atom. The van der Waals surface area contributed by atoms with Crippen LogP contribution in [0.4, 0.5) is 17.8 Å². The zero-order valence-electron chi connectivity index (χ0n) is 46.1. The van der Waals surface area contributed by atoms with Crippen molar-refractivity contribution in [1.82, 2.24) is 15.0 Å². The smallest absolute Gasteiger partial charge is 0.232 e. The van der Waals surface area contributed by atoms with E-state index < -0.39 is 0 Å². The number of hydrogen-bond donors (Lipinski definition) is 6. The molecule has 0 saturated carbocycles. The van der Waals surface area contributed by atoms with E-state index in [2.05, 4.69) is 203 Å². The summed E-state index contributed by atoms with van der Waals surface area (Å²) in [6.07, 6.45) is 0. The van der Waals surface area contributed by atoms with Gasteiger partial charge >= 0.3 is 0 Å². The molecule has 0 aliphatic heterocycles. The first kappa shape index (κ1) is 54.4. The normalized spacial score (nSPS) is 13.2. The maximum Gasteiger partial charge on any atom is 0.232 e. The Hall–Kier alpha value is -5.51. The summed E-state index contributed by atoms with van der Waals surface area (Å²) in [5, 5.41) is 53.0. The predicted octanol–water partition coefficient (Wildman–Crippen LogP) is 14.2. The molecule has 1 aromatic heterocycles. The number of phenols is 4. The third-order valence-corrected chi connectivity index (χ3v) is 12.8. The fourth-order valence-corrected chi connectivity index (χ4v) is 8.76. The summed E-state index contributed by atoms with van der Waals surface area (Å²) in [5.74, 6) is 2.36. The van der Waals surface area contributed by atoms with Gasteiger partial charge in [-0.05, 0) is 148 Å². The van der Waals surface area contributed by atoms with Crippen molar-refractivity contribution in [2.75, 3.05) is 15.5 Å². The van der Waals surface area contributed by atoms with E-state index in [-0.39, 0.29) is 43.7 Å². The maximum atomic E-state index is 11.7. The molecule has 4 aromatic carbocycles. The number of nitrogens with zero attached hydrogens (tertiary/aromatic N) is 4. The molecule has 1 heterocycles. The van der Waals surface area contributed by atoms with Gasteiger partial charge in [0.05, 0.1) is 0 Å². The maximum absolute atomic E-state index is 11.7. The van der Waals surface area contributed by atoms with Gasteiger partial charge in [0.25, 0.3) is 0 Å². The lowest BCUT2D eigenvalue weighted by molar-refractivity contribution is 0.421. The SMILES string of the molecule is CC(C)(C)c1cc(CN(Cc2cc(C(C)(C)C)c(O)c(C(C)(C)C)c2)c2nc(NCc3cc(C(C)(C)C)c(O)c(C(C)(C)C)c3)nc(NCc3cc(C(C)(C)C)c(O)c(C(C)(C)C)c3)n2)ccc1O. The Bertz CT molecular complexity index is 2440. The van der Waals surface area contributed by atoms with Gasteiger partial charge in [0.2, 0.25) is 17.8 Å². The zero-order chi connectivity index (χ0) is 52.2. The molecule has 6 N–H and O–H groups in total. The topological polar surface area (TPSA) is 147 Å². The van der Waals surface area contributed by atoms with E-state index in [1.807, 2.05) is 6.07 Å². The van der Waals surface area contributed by atoms with Crippen LogP contribution in [0, 0.1) is 0 Å². The van der Waals surface area contributed by atoms with Gasteiger partial charge in [-0.25, -0.2) is 0 Å². The van der Waals surface area contributed by atoms with E-state index in [0.717, 1.165) is 61.2 Å². The Balaban J connectivity index is 1.74. The number of anilines is 3. The van der Waals surface area contributed by atoms with Crippen molar-refractivity contribution in [2.24, 2.45) is 0 Å². The van der Waals surface area contributed by atoms with Crippen LogP contribution in [0.15, 0.2) is 54.6 Å². The van der Waals surface area contributed by atoms with Crippen molar-refractivity contribution < 1.29 is 20.4 Å². The lowest BCUT2D eigenvalue weighted by Crippen LogP contribution is -2.27. The Labute approximate surface area is 415 Å². The number of hydrogen-bond acceptors (Lipinski definition) is 10. The van der Waals surface area contributed by atoms with Crippen molar-refractivity contribution in [2.45, 2.75) is 209 Å². The fourth-order valence-electron chi connectivity index (χ4n) is 8.76. The van der Waals surface area contributed by atoms with Crippen LogP contribution in [0.25, 0.3) is 0 Å². The van der Waals surface area contributed by atoms with E-state index >= 15 is 0 Å². The molecule has 376 valence electrons. The monoisotopic (exact) mass is 943 g/mol. The number of nitrogens with one attached hydrogen (secondary N) is 2. The molecule has 0 spiro atoms. The molecule has 10 heteroatoms. The van der Waals surface area contributed by atoms with Crippen molar-refractivity contribution >= 4 is 17.8 Å². The molecule has 69 heavy (non-hydrogen) atoms. The van der Waals surface area contributed by atoms with E-state index in [9.17, 15) is 20.4 Å². The number of aromatic hydroxyl groups is 4. The second-order valence-corrected chi connectivity index (χ2v) is 26.6. The molecule has 0 fully saturated rings. The highest BCUT2D eigenvalue weighted by molar-refractivity contribution is 5.55. The van der Waals surface area contributed by atoms with Gasteiger partial charge in [-0.1, -0.05) is 151 Å². The molecule has 5 aromatic rings. The minimum Gasteiger partial charge on any atom is -0.508 e. The van der Waals surface area contributed by atoms with Gasteiger partial charge in [-0.15, -0.1) is 0 Å². The first-order valence-corrected chi connectivity index (χ1v) is 24.7. The van der Waals surface area contributed by atoms with Crippen LogP contribution in [0.5, 0.6) is 23.0 Å². The van der Waals surface area contributed by atoms with Gasteiger partial charge in [-0.2, -0.15) is 15.0 Å². The number of phenolic OH excluding ortho intramolecular Hbond substituents is 4. The molecule has 0 aliphatic carbocycles. The average molecular weight is 943 g/mol. The molecule has 0 amide bonds. The van der Waals surface area contributed by atoms with Crippen LogP contribution in [0.3, 0.4) is 0 Å². The molecule has 5 rings (SSSR count). The Kier molecular flexibility index (Phi) is 15.0. The summed E-state index contributed by atoms with van der Waals surface area (Å²) in [6, 6.07) is 18.2. The summed E-state index contributed by atoms with van der Waals surface area (Å²) in [7, 11) is 0. The van der Waals surface area contributed by atoms with Crippen LogP contribution in [0.2, 0.25) is 0 Å². The fraction of sp³-hybridized carbons (Fsp3) is 0.542. The van der Waals surface area contributed by atoms with Crippen molar-refractivity contribution in [3.63, 3.8) is 0 Å². The summed E-state index contributed by atoms with van der Waals surface area (Å²) in [4.78, 5) is 17.5. The summed E-state index contributed by atoms with van der Waals surface area (Å²) in [5.41, 5.74) is 7.76.